The summed E-state index contributed by atoms with van der Waals surface area (Å²) in [5.74, 6) is 0.130. The number of aromatic nitrogens is 2. The van der Waals surface area contributed by atoms with Crippen LogP contribution in [0.3, 0.4) is 0 Å². The summed E-state index contributed by atoms with van der Waals surface area (Å²) in [6.45, 7) is 2.57. The fourth-order valence-corrected chi connectivity index (χ4v) is 4.99. The molecule has 1 aliphatic rings. The summed E-state index contributed by atoms with van der Waals surface area (Å²) in [6, 6.07) is 19.0. The quantitative estimate of drug-likeness (QED) is 0.222. The van der Waals surface area contributed by atoms with Gasteiger partial charge in [0.1, 0.15) is 17.3 Å². The maximum Gasteiger partial charge on any atom is 0.342 e. The van der Waals surface area contributed by atoms with Gasteiger partial charge in [-0.3, -0.25) is 4.79 Å². The molecule has 1 heterocycles. The summed E-state index contributed by atoms with van der Waals surface area (Å²) in [4.78, 5) is 26.0. The number of phenolic OH excluding ortho intramolecular Hbond substituents is 1. The van der Waals surface area contributed by atoms with E-state index in [1.54, 1.807) is 48.5 Å². The van der Waals surface area contributed by atoms with Crippen molar-refractivity contribution in [3.05, 3.63) is 95.4 Å². The normalized spacial score (nSPS) is 13.2. The summed E-state index contributed by atoms with van der Waals surface area (Å²) in [7, 11) is 0. The first-order valence-electron chi connectivity index (χ1n) is 13.4. The first-order valence-corrected chi connectivity index (χ1v) is 13.4. The van der Waals surface area contributed by atoms with Crippen LogP contribution in [0.25, 0.3) is 11.3 Å². The van der Waals surface area contributed by atoms with E-state index in [0.29, 0.717) is 40.4 Å². The lowest BCUT2D eigenvalue weighted by Gasteiger charge is -2.12. The lowest BCUT2D eigenvalue weighted by Crippen LogP contribution is -2.30. The Morgan fingerprint density at radius 1 is 1.05 bits per heavy atom. The van der Waals surface area contributed by atoms with Crippen LogP contribution < -0.4 is 15.4 Å². The van der Waals surface area contributed by atoms with Gasteiger partial charge in [-0.1, -0.05) is 25.0 Å². The maximum absolute atomic E-state index is 13.6. The third-order valence-corrected chi connectivity index (χ3v) is 6.99. The Balaban J connectivity index is 1.39. The SMILES string of the molecule is CCOc1ccc(C(=O)Nc2ccc(O)c(-c3cc(C4CCCC4)n(C(=O)NCc4cccc(F)c4)n3)c2)cc1. The number of hydrogen-bond acceptors (Lipinski definition) is 5. The average molecular weight is 543 g/mol. The van der Waals surface area contributed by atoms with Crippen molar-refractivity contribution in [1.82, 2.24) is 15.1 Å². The summed E-state index contributed by atoms with van der Waals surface area (Å²) >= 11 is 0. The second-order valence-corrected chi connectivity index (χ2v) is 9.78. The van der Waals surface area contributed by atoms with Crippen LogP contribution in [0, 0.1) is 5.82 Å². The van der Waals surface area contributed by atoms with Gasteiger partial charge >= 0.3 is 6.03 Å². The van der Waals surface area contributed by atoms with Crippen LogP contribution in [0.2, 0.25) is 0 Å². The number of rotatable bonds is 8. The van der Waals surface area contributed by atoms with Gasteiger partial charge in [0.15, 0.2) is 0 Å². The van der Waals surface area contributed by atoms with Gasteiger partial charge in [0.05, 0.1) is 18.0 Å². The number of hydrogen-bond donors (Lipinski definition) is 3. The molecule has 9 heteroatoms. The van der Waals surface area contributed by atoms with E-state index in [9.17, 15) is 19.1 Å². The zero-order chi connectivity index (χ0) is 28.1. The molecule has 0 atom stereocenters. The number of benzene rings is 3. The molecule has 206 valence electrons. The van der Waals surface area contributed by atoms with Crippen molar-refractivity contribution in [2.24, 2.45) is 0 Å². The van der Waals surface area contributed by atoms with Crippen molar-refractivity contribution in [2.45, 2.75) is 45.1 Å². The van der Waals surface area contributed by atoms with Gasteiger partial charge < -0.3 is 20.5 Å². The second-order valence-electron chi connectivity index (χ2n) is 9.78. The van der Waals surface area contributed by atoms with Crippen LogP contribution in [-0.4, -0.2) is 33.4 Å². The monoisotopic (exact) mass is 542 g/mol. The molecule has 3 N–H and O–H groups in total. The van der Waals surface area contributed by atoms with Crippen LogP contribution >= 0.6 is 0 Å². The molecule has 0 aliphatic heterocycles. The topological polar surface area (TPSA) is 105 Å². The second kappa shape index (κ2) is 12.0. The molecule has 0 bridgehead atoms. The molecule has 40 heavy (non-hydrogen) atoms. The van der Waals surface area contributed by atoms with Crippen LogP contribution in [0.4, 0.5) is 14.9 Å². The van der Waals surface area contributed by atoms with Gasteiger partial charge in [-0.25, -0.2) is 9.18 Å². The summed E-state index contributed by atoms with van der Waals surface area (Å²) in [5, 5.41) is 20.9. The molecular formula is C31H31FN4O4. The molecule has 4 aromatic rings. The Labute approximate surface area is 231 Å². The molecule has 0 saturated heterocycles. The zero-order valence-electron chi connectivity index (χ0n) is 22.2. The smallest absolute Gasteiger partial charge is 0.342 e. The fourth-order valence-electron chi connectivity index (χ4n) is 4.99. The van der Waals surface area contributed by atoms with E-state index in [0.717, 1.165) is 31.4 Å². The van der Waals surface area contributed by atoms with Crippen molar-refractivity contribution < 1.29 is 23.8 Å². The van der Waals surface area contributed by atoms with Gasteiger partial charge in [-0.15, -0.1) is 0 Å². The highest BCUT2D eigenvalue weighted by molar-refractivity contribution is 6.04. The lowest BCUT2D eigenvalue weighted by atomic mass is 10.0. The largest absolute Gasteiger partial charge is 0.507 e. The number of ether oxygens (including phenoxy) is 1. The molecule has 0 unspecified atom stereocenters. The highest BCUT2D eigenvalue weighted by Crippen LogP contribution is 2.38. The molecule has 8 nitrogen and oxygen atoms in total. The number of carbonyl (C=O) groups is 2. The van der Waals surface area contributed by atoms with Gasteiger partial charge in [-0.2, -0.15) is 9.78 Å². The van der Waals surface area contributed by atoms with Crippen molar-refractivity contribution in [2.75, 3.05) is 11.9 Å². The maximum atomic E-state index is 13.6. The first-order chi connectivity index (χ1) is 19.4. The minimum Gasteiger partial charge on any atom is -0.507 e. The van der Waals surface area contributed by atoms with Crippen LogP contribution in [0.1, 0.15) is 60.1 Å². The standard InChI is InChI=1S/C31H31FN4O4/c1-2-40-25-13-10-22(11-14-25)30(38)34-24-12-15-29(37)26(17-24)27-18-28(21-7-3-4-8-21)36(35-27)31(39)33-19-20-6-5-9-23(32)16-20/h5-6,9-18,21,37H,2-4,7-8,19H2,1H3,(H,33,39)(H,34,38). The molecule has 0 radical (unpaired) electrons. The highest BCUT2D eigenvalue weighted by Gasteiger charge is 2.26. The Bertz CT molecular complexity index is 1510. The number of nitrogens with one attached hydrogen (secondary N) is 2. The first kappa shape index (κ1) is 26.9. The van der Waals surface area contributed by atoms with E-state index in [1.807, 2.05) is 13.0 Å². The number of amides is 2. The summed E-state index contributed by atoms with van der Waals surface area (Å²) in [6.07, 6.45) is 4.00. The number of anilines is 1. The molecule has 1 aliphatic carbocycles. The number of halogens is 1. The third kappa shape index (κ3) is 6.14. The van der Waals surface area contributed by atoms with Gasteiger partial charge in [0.25, 0.3) is 5.91 Å². The van der Waals surface area contributed by atoms with E-state index in [-0.39, 0.29) is 29.9 Å². The van der Waals surface area contributed by atoms with Crippen molar-refractivity contribution in [1.29, 1.82) is 0 Å². The Kier molecular flexibility index (Phi) is 8.10. The minimum absolute atomic E-state index is 0.0261. The van der Waals surface area contributed by atoms with Crippen molar-refractivity contribution >= 4 is 17.6 Å². The van der Waals surface area contributed by atoms with E-state index in [4.69, 9.17) is 4.74 Å². The Morgan fingerprint density at radius 3 is 2.55 bits per heavy atom. The van der Waals surface area contributed by atoms with Crippen molar-refractivity contribution in [3.63, 3.8) is 0 Å². The molecular weight excluding hydrogens is 511 g/mol. The lowest BCUT2D eigenvalue weighted by molar-refractivity contribution is 0.102. The summed E-state index contributed by atoms with van der Waals surface area (Å²) < 4.78 is 20.4. The van der Waals surface area contributed by atoms with Crippen LogP contribution in [-0.2, 0) is 6.54 Å². The Morgan fingerprint density at radius 2 is 1.82 bits per heavy atom. The predicted molar refractivity (Wildman–Crippen MR) is 150 cm³/mol. The molecule has 1 saturated carbocycles. The minimum atomic E-state index is -0.433. The number of nitrogens with zero attached hydrogens (tertiary/aromatic N) is 2. The van der Waals surface area contributed by atoms with E-state index >= 15 is 0 Å². The van der Waals surface area contributed by atoms with Crippen LogP contribution in [0.5, 0.6) is 11.5 Å². The molecule has 2 amide bonds. The third-order valence-electron chi connectivity index (χ3n) is 6.99. The Hall–Kier alpha value is -4.66. The van der Waals surface area contributed by atoms with Crippen molar-refractivity contribution in [3.8, 4) is 22.8 Å². The number of aromatic hydroxyl groups is 1. The molecule has 3 aromatic carbocycles. The number of phenols is 1. The fraction of sp³-hybridized carbons (Fsp3) is 0.258. The van der Waals surface area contributed by atoms with Gasteiger partial charge in [0, 0.05) is 29.3 Å². The molecule has 1 aromatic heterocycles. The van der Waals surface area contributed by atoms with E-state index in [1.165, 1.54) is 22.9 Å². The molecule has 5 rings (SSSR count). The molecule has 0 spiro atoms. The van der Waals surface area contributed by atoms with E-state index < -0.39 is 6.03 Å². The van der Waals surface area contributed by atoms with Gasteiger partial charge in [-0.05, 0) is 86.0 Å². The van der Waals surface area contributed by atoms with Crippen LogP contribution in [0.15, 0.2) is 72.8 Å². The van der Waals surface area contributed by atoms with E-state index in [2.05, 4.69) is 15.7 Å². The predicted octanol–water partition coefficient (Wildman–Crippen LogP) is 6.46. The number of carbonyl (C=O) groups excluding carboxylic acids is 2. The zero-order valence-corrected chi connectivity index (χ0v) is 22.2. The van der Waals surface area contributed by atoms with Gasteiger partial charge in [0.2, 0.25) is 0 Å². The summed E-state index contributed by atoms with van der Waals surface area (Å²) in [5.41, 5.74) is 3.13. The molecule has 1 fully saturated rings. The average Bonchev–Trinajstić information content (AvgIpc) is 3.64. The highest BCUT2D eigenvalue weighted by atomic mass is 19.1.